The molecular weight excluding hydrogens is 216 g/mol. The van der Waals surface area contributed by atoms with Gasteiger partial charge in [-0.15, -0.1) is 11.3 Å². The Labute approximate surface area is 100 Å². The Balaban J connectivity index is 1.74. The van der Waals surface area contributed by atoms with Gasteiger partial charge >= 0.3 is 0 Å². The number of hydrogen-bond acceptors (Lipinski definition) is 3. The van der Waals surface area contributed by atoms with Crippen molar-refractivity contribution >= 4 is 11.3 Å². The molecule has 0 fully saturated rings. The van der Waals surface area contributed by atoms with E-state index >= 15 is 0 Å². The van der Waals surface area contributed by atoms with Crippen LogP contribution in [0.1, 0.15) is 16.1 Å². The van der Waals surface area contributed by atoms with E-state index in [4.69, 9.17) is 0 Å². The topological polar surface area (TPSA) is 24.9 Å². The number of nitrogens with one attached hydrogen (secondary N) is 1. The predicted molar refractivity (Wildman–Crippen MR) is 68.7 cm³/mol. The summed E-state index contributed by atoms with van der Waals surface area (Å²) in [4.78, 5) is 4.23. The Morgan fingerprint density at radius 1 is 1.31 bits per heavy atom. The van der Waals surface area contributed by atoms with E-state index in [1.807, 2.05) is 11.6 Å². The summed E-state index contributed by atoms with van der Waals surface area (Å²) in [5.41, 5.74) is 2.80. The molecule has 3 heteroatoms. The lowest BCUT2D eigenvalue weighted by Crippen LogP contribution is -2.16. The van der Waals surface area contributed by atoms with Gasteiger partial charge in [0.05, 0.1) is 0 Å². The van der Waals surface area contributed by atoms with E-state index in [2.05, 4.69) is 41.5 Å². The van der Waals surface area contributed by atoms with Crippen LogP contribution in [-0.4, -0.2) is 11.5 Å². The number of benzene rings is 1. The fraction of sp³-hybridized carbons (Fsp3) is 0.308. The second-order valence-corrected chi connectivity index (χ2v) is 4.76. The molecule has 0 unspecified atom stereocenters. The van der Waals surface area contributed by atoms with Gasteiger partial charge < -0.3 is 5.32 Å². The fourth-order valence-corrected chi connectivity index (χ4v) is 2.24. The standard InChI is InChI=1S/C13H16N2S/c1-11-4-2-3-5-12(11)6-7-14-10-13-15-8-9-16-13/h2-5,8-9,14H,6-7,10H2,1H3. The summed E-state index contributed by atoms with van der Waals surface area (Å²) in [6, 6.07) is 8.54. The molecule has 84 valence electrons. The van der Waals surface area contributed by atoms with E-state index < -0.39 is 0 Å². The van der Waals surface area contributed by atoms with Crippen LogP contribution in [0.15, 0.2) is 35.8 Å². The molecule has 0 atom stereocenters. The third-order valence-corrected chi connectivity index (χ3v) is 3.37. The van der Waals surface area contributed by atoms with Crippen molar-refractivity contribution in [2.45, 2.75) is 19.9 Å². The molecule has 2 rings (SSSR count). The predicted octanol–water partition coefficient (Wildman–Crippen LogP) is 2.78. The van der Waals surface area contributed by atoms with Crippen LogP contribution in [0.25, 0.3) is 0 Å². The van der Waals surface area contributed by atoms with Gasteiger partial charge in [-0.25, -0.2) is 4.98 Å². The summed E-state index contributed by atoms with van der Waals surface area (Å²) < 4.78 is 0. The molecule has 0 saturated carbocycles. The van der Waals surface area contributed by atoms with Crippen LogP contribution in [0.4, 0.5) is 0 Å². The largest absolute Gasteiger partial charge is 0.310 e. The zero-order valence-electron chi connectivity index (χ0n) is 9.44. The summed E-state index contributed by atoms with van der Waals surface area (Å²) >= 11 is 1.70. The van der Waals surface area contributed by atoms with Crippen LogP contribution < -0.4 is 5.32 Å². The fourth-order valence-electron chi connectivity index (χ4n) is 1.65. The van der Waals surface area contributed by atoms with Crippen molar-refractivity contribution in [2.75, 3.05) is 6.54 Å². The number of aryl methyl sites for hydroxylation is 1. The van der Waals surface area contributed by atoms with Gasteiger partial charge in [-0.3, -0.25) is 0 Å². The van der Waals surface area contributed by atoms with Crippen molar-refractivity contribution in [2.24, 2.45) is 0 Å². The smallest absolute Gasteiger partial charge is 0.106 e. The maximum Gasteiger partial charge on any atom is 0.106 e. The zero-order valence-corrected chi connectivity index (χ0v) is 10.3. The third kappa shape index (κ3) is 3.15. The van der Waals surface area contributed by atoms with Crippen LogP contribution >= 0.6 is 11.3 Å². The summed E-state index contributed by atoms with van der Waals surface area (Å²) in [5.74, 6) is 0. The molecule has 0 spiro atoms. The lowest BCUT2D eigenvalue weighted by molar-refractivity contribution is 0.682. The second kappa shape index (κ2) is 5.77. The monoisotopic (exact) mass is 232 g/mol. The van der Waals surface area contributed by atoms with Gasteiger partial charge in [-0.2, -0.15) is 0 Å². The van der Waals surface area contributed by atoms with Crippen molar-refractivity contribution in [3.05, 3.63) is 52.0 Å². The number of aromatic nitrogens is 1. The normalized spacial score (nSPS) is 10.6. The average Bonchev–Trinajstić information content (AvgIpc) is 2.79. The Morgan fingerprint density at radius 2 is 2.19 bits per heavy atom. The number of nitrogens with zero attached hydrogens (tertiary/aromatic N) is 1. The molecule has 2 aromatic rings. The average molecular weight is 232 g/mol. The minimum atomic E-state index is 0.879. The SMILES string of the molecule is Cc1ccccc1CCNCc1nccs1. The molecule has 0 aliphatic rings. The van der Waals surface area contributed by atoms with Gasteiger partial charge in [0.1, 0.15) is 5.01 Å². The zero-order chi connectivity index (χ0) is 11.2. The lowest BCUT2D eigenvalue weighted by Gasteiger charge is -2.05. The Bertz CT molecular complexity index is 423. The molecule has 0 aliphatic carbocycles. The highest BCUT2D eigenvalue weighted by Crippen LogP contribution is 2.07. The number of thiazole rings is 1. The molecule has 0 saturated heterocycles. The van der Waals surface area contributed by atoms with E-state index in [0.717, 1.165) is 24.5 Å². The first-order valence-corrected chi connectivity index (χ1v) is 6.38. The maximum atomic E-state index is 4.23. The highest BCUT2D eigenvalue weighted by molar-refractivity contribution is 7.09. The number of rotatable bonds is 5. The van der Waals surface area contributed by atoms with Crippen LogP contribution in [0.5, 0.6) is 0 Å². The van der Waals surface area contributed by atoms with Gasteiger partial charge in [0.25, 0.3) is 0 Å². The van der Waals surface area contributed by atoms with E-state index in [1.165, 1.54) is 11.1 Å². The first-order chi connectivity index (χ1) is 7.86. The van der Waals surface area contributed by atoms with E-state index in [-0.39, 0.29) is 0 Å². The van der Waals surface area contributed by atoms with Crippen molar-refractivity contribution in [1.82, 2.24) is 10.3 Å². The van der Waals surface area contributed by atoms with Crippen LogP contribution in [-0.2, 0) is 13.0 Å². The van der Waals surface area contributed by atoms with Gasteiger partial charge in [0, 0.05) is 18.1 Å². The Hall–Kier alpha value is -1.19. The molecule has 2 nitrogen and oxygen atoms in total. The Morgan fingerprint density at radius 3 is 2.94 bits per heavy atom. The van der Waals surface area contributed by atoms with E-state index in [1.54, 1.807) is 11.3 Å². The molecule has 1 N–H and O–H groups in total. The second-order valence-electron chi connectivity index (χ2n) is 3.78. The van der Waals surface area contributed by atoms with Gasteiger partial charge in [0.15, 0.2) is 0 Å². The molecule has 0 amide bonds. The molecule has 1 aromatic carbocycles. The van der Waals surface area contributed by atoms with Crippen molar-refractivity contribution in [3.8, 4) is 0 Å². The summed E-state index contributed by atoms with van der Waals surface area (Å²) in [6.07, 6.45) is 2.93. The summed E-state index contributed by atoms with van der Waals surface area (Å²) in [6.45, 7) is 4.05. The minimum Gasteiger partial charge on any atom is -0.310 e. The van der Waals surface area contributed by atoms with E-state index in [0.29, 0.717) is 0 Å². The summed E-state index contributed by atoms with van der Waals surface area (Å²) in [5, 5.41) is 6.58. The van der Waals surface area contributed by atoms with Crippen molar-refractivity contribution in [1.29, 1.82) is 0 Å². The molecule has 1 heterocycles. The molecule has 0 aliphatic heterocycles. The summed E-state index contributed by atoms with van der Waals surface area (Å²) in [7, 11) is 0. The minimum absolute atomic E-state index is 0.879. The molecule has 0 bridgehead atoms. The molecule has 16 heavy (non-hydrogen) atoms. The highest BCUT2D eigenvalue weighted by Gasteiger charge is 1.97. The van der Waals surface area contributed by atoms with Crippen molar-refractivity contribution in [3.63, 3.8) is 0 Å². The lowest BCUT2D eigenvalue weighted by atomic mass is 10.1. The van der Waals surface area contributed by atoms with E-state index in [9.17, 15) is 0 Å². The molecule has 0 radical (unpaired) electrons. The van der Waals surface area contributed by atoms with Crippen LogP contribution in [0, 0.1) is 6.92 Å². The van der Waals surface area contributed by atoms with Gasteiger partial charge in [0.2, 0.25) is 0 Å². The van der Waals surface area contributed by atoms with Crippen molar-refractivity contribution < 1.29 is 0 Å². The Kier molecular flexibility index (Phi) is 4.08. The van der Waals surface area contributed by atoms with Gasteiger partial charge in [-0.05, 0) is 31.0 Å². The quantitative estimate of drug-likeness (QED) is 0.802. The molecule has 1 aromatic heterocycles. The number of hydrogen-bond donors (Lipinski definition) is 1. The highest BCUT2D eigenvalue weighted by atomic mass is 32.1. The van der Waals surface area contributed by atoms with Crippen LogP contribution in [0.3, 0.4) is 0 Å². The third-order valence-electron chi connectivity index (χ3n) is 2.59. The first-order valence-electron chi connectivity index (χ1n) is 5.50. The first kappa shape index (κ1) is 11.3. The van der Waals surface area contributed by atoms with Crippen LogP contribution in [0.2, 0.25) is 0 Å². The van der Waals surface area contributed by atoms with Gasteiger partial charge in [-0.1, -0.05) is 24.3 Å². The maximum absolute atomic E-state index is 4.23. The molecular formula is C13H16N2S.